The van der Waals surface area contributed by atoms with Crippen LogP contribution in [0.2, 0.25) is 0 Å². The summed E-state index contributed by atoms with van der Waals surface area (Å²) >= 11 is 0. The van der Waals surface area contributed by atoms with E-state index >= 15 is 0 Å². The highest BCUT2D eigenvalue weighted by atomic mass is 16.6. The molecule has 0 aliphatic rings. The summed E-state index contributed by atoms with van der Waals surface area (Å²) in [5, 5.41) is 8.55. The average molecular weight is 147 g/mol. The molecule has 0 fully saturated rings. The van der Waals surface area contributed by atoms with Gasteiger partial charge in [0.1, 0.15) is 6.73 Å². The van der Waals surface area contributed by atoms with E-state index in [2.05, 4.69) is 4.74 Å². The molecule has 0 saturated carbocycles. The minimum Gasteiger partial charge on any atom is -0.450 e. The summed E-state index contributed by atoms with van der Waals surface area (Å²) in [5.41, 5.74) is 0. The first kappa shape index (κ1) is 9.23. The van der Waals surface area contributed by atoms with Crippen molar-refractivity contribution in [2.45, 2.75) is 13.8 Å². The third kappa shape index (κ3) is 2.68. The fourth-order valence-electron chi connectivity index (χ4n) is 0.502. The molecule has 4 heteroatoms. The molecule has 1 amide bonds. The van der Waals surface area contributed by atoms with Crippen molar-refractivity contribution in [1.82, 2.24) is 4.90 Å². The summed E-state index contributed by atoms with van der Waals surface area (Å²) < 4.78 is 4.61. The second-order valence-electron chi connectivity index (χ2n) is 1.70. The number of ether oxygens (including phenoxy) is 1. The van der Waals surface area contributed by atoms with Gasteiger partial charge in [0.25, 0.3) is 0 Å². The molecule has 0 saturated heterocycles. The van der Waals surface area contributed by atoms with Crippen LogP contribution in [0.15, 0.2) is 0 Å². The second-order valence-corrected chi connectivity index (χ2v) is 1.70. The maximum Gasteiger partial charge on any atom is 0.411 e. The molecule has 0 heterocycles. The number of nitrogens with zero attached hydrogens (tertiary/aromatic N) is 1. The normalized spacial score (nSPS) is 9.10. The van der Waals surface area contributed by atoms with Crippen LogP contribution in [0.25, 0.3) is 0 Å². The molecule has 0 rings (SSSR count). The number of carbonyl (C=O) groups is 1. The van der Waals surface area contributed by atoms with E-state index in [4.69, 9.17) is 5.11 Å². The van der Waals surface area contributed by atoms with E-state index in [0.717, 1.165) is 0 Å². The number of rotatable bonds is 3. The zero-order valence-corrected chi connectivity index (χ0v) is 6.33. The molecule has 0 aliphatic heterocycles. The van der Waals surface area contributed by atoms with Gasteiger partial charge in [-0.3, -0.25) is 4.90 Å². The van der Waals surface area contributed by atoms with Crippen LogP contribution in [-0.4, -0.2) is 36.0 Å². The fourth-order valence-corrected chi connectivity index (χ4v) is 0.502. The Morgan fingerprint density at radius 2 is 2.20 bits per heavy atom. The summed E-state index contributed by atoms with van der Waals surface area (Å²) in [5.74, 6) is 0. The van der Waals surface area contributed by atoms with Crippen LogP contribution < -0.4 is 0 Å². The molecule has 1 N–H and O–H groups in total. The van der Waals surface area contributed by atoms with E-state index in [9.17, 15) is 4.79 Å². The van der Waals surface area contributed by atoms with E-state index in [1.807, 2.05) is 0 Å². The third-order valence-corrected chi connectivity index (χ3v) is 1.08. The van der Waals surface area contributed by atoms with Crippen LogP contribution in [0.4, 0.5) is 4.79 Å². The van der Waals surface area contributed by atoms with Crippen molar-refractivity contribution >= 4 is 6.09 Å². The first-order chi connectivity index (χ1) is 4.76. The van der Waals surface area contributed by atoms with Crippen molar-refractivity contribution in [2.75, 3.05) is 19.9 Å². The number of hydrogen-bond acceptors (Lipinski definition) is 3. The minimum absolute atomic E-state index is 0.282. The highest BCUT2D eigenvalue weighted by Crippen LogP contribution is 1.90. The van der Waals surface area contributed by atoms with Crippen molar-refractivity contribution in [1.29, 1.82) is 0 Å². The lowest BCUT2D eigenvalue weighted by molar-refractivity contribution is 0.0680. The van der Waals surface area contributed by atoms with E-state index in [1.54, 1.807) is 13.8 Å². The van der Waals surface area contributed by atoms with Crippen molar-refractivity contribution in [3.8, 4) is 0 Å². The van der Waals surface area contributed by atoms with Crippen LogP contribution >= 0.6 is 0 Å². The monoisotopic (exact) mass is 147 g/mol. The Morgan fingerprint density at radius 3 is 2.50 bits per heavy atom. The molecular formula is C6H13NO3. The lowest BCUT2D eigenvalue weighted by Gasteiger charge is -2.15. The fraction of sp³-hybridized carbons (Fsp3) is 0.833. The van der Waals surface area contributed by atoms with Gasteiger partial charge in [-0.05, 0) is 13.8 Å². The van der Waals surface area contributed by atoms with Crippen LogP contribution in [0, 0.1) is 0 Å². The third-order valence-electron chi connectivity index (χ3n) is 1.08. The predicted octanol–water partition coefficient (Wildman–Crippen LogP) is 0.415. The molecule has 0 bridgehead atoms. The SMILES string of the molecule is CCOC(=O)N(CC)CO. The molecule has 10 heavy (non-hydrogen) atoms. The van der Waals surface area contributed by atoms with Gasteiger partial charge in [0, 0.05) is 6.54 Å². The number of amides is 1. The maximum absolute atomic E-state index is 10.7. The summed E-state index contributed by atoms with van der Waals surface area (Å²) in [6.45, 7) is 4.02. The van der Waals surface area contributed by atoms with Gasteiger partial charge in [-0.2, -0.15) is 0 Å². The van der Waals surface area contributed by atoms with E-state index in [0.29, 0.717) is 13.2 Å². The Morgan fingerprint density at radius 1 is 1.60 bits per heavy atom. The molecule has 0 aliphatic carbocycles. The van der Waals surface area contributed by atoms with E-state index in [-0.39, 0.29) is 6.73 Å². The molecule has 4 nitrogen and oxygen atoms in total. The van der Waals surface area contributed by atoms with Crippen molar-refractivity contribution < 1.29 is 14.6 Å². The zero-order chi connectivity index (χ0) is 7.98. The van der Waals surface area contributed by atoms with Crippen molar-refractivity contribution in [3.05, 3.63) is 0 Å². The lowest BCUT2D eigenvalue weighted by Crippen LogP contribution is -2.32. The summed E-state index contributed by atoms with van der Waals surface area (Å²) in [4.78, 5) is 11.9. The number of carbonyl (C=O) groups excluding carboxylic acids is 1. The zero-order valence-electron chi connectivity index (χ0n) is 6.33. The van der Waals surface area contributed by atoms with E-state index < -0.39 is 6.09 Å². The first-order valence-electron chi connectivity index (χ1n) is 3.28. The van der Waals surface area contributed by atoms with Gasteiger partial charge < -0.3 is 9.84 Å². The Labute approximate surface area is 60.4 Å². The molecular weight excluding hydrogens is 134 g/mol. The van der Waals surface area contributed by atoms with Crippen LogP contribution in [0.3, 0.4) is 0 Å². The van der Waals surface area contributed by atoms with Crippen LogP contribution in [0.5, 0.6) is 0 Å². The molecule has 0 aromatic carbocycles. The topological polar surface area (TPSA) is 49.8 Å². The largest absolute Gasteiger partial charge is 0.450 e. The Balaban J connectivity index is 3.65. The molecule has 0 aromatic rings. The average Bonchev–Trinajstić information content (AvgIpc) is 1.91. The smallest absolute Gasteiger partial charge is 0.411 e. The Bertz CT molecular complexity index is 101. The molecule has 0 aromatic heterocycles. The van der Waals surface area contributed by atoms with Gasteiger partial charge in [-0.1, -0.05) is 0 Å². The predicted molar refractivity (Wildman–Crippen MR) is 36.5 cm³/mol. The van der Waals surface area contributed by atoms with Gasteiger partial charge >= 0.3 is 6.09 Å². The van der Waals surface area contributed by atoms with Crippen LogP contribution in [-0.2, 0) is 4.74 Å². The number of aliphatic hydroxyl groups excluding tert-OH is 1. The quantitative estimate of drug-likeness (QED) is 0.588. The molecule has 0 atom stereocenters. The summed E-state index contributed by atoms with van der Waals surface area (Å²) in [7, 11) is 0. The van der Waals surface area contributed by atoms with Gasteiger partial charge in [0.05, 0.1) is 6.61 Å². The molecule has 60 valence electrons. The first-order valence-corrected chi connectivity index (χ1v) is 3.28. The molecule has 0 radical (unpaired) electrons. The molecule has 0 unspecified atom stereocenters. The highest BCUT2D eigenvalue weighted by Gasteiger charge is 2.08. The van der Waals surface area contributed by atoms with E-state index in [1.165, 1.54) is 4.90 Å². The second kappa shape index (κ2) is 5.05. The number of aliphatic hydroxyl groups is 1. The number of hydrogen-bond donors (Lipinski definition) is 1. The maximum atomic E-state index is 10.7. The van der Waals surface area contributed by atoms with Crippen molar-refractivity contribution in [3.63, 3.8) is 0 Å². The Hall–Kier alpha value is -0.770. The molecule has 0 spiro atoms. The van der Waals surface area contributed by atoms with Gasteiger partial charge in [0.15, 0.2) is 0 Å². The van der Waals surface area contributed by atoms with Crippen LogP contribution in [0.1, 0.15) is 13.8 Å². The minimum atomic E-state index is -0.465. The standard InChI is InChI=1S/C6H13NO3/c1-3-7(5-8)6(9)10-4-2/h8H,3-5H2,1-2H3. The van der Waals surface area contributed by atoms with Gasteiger partial charge in [-0.25, -0.2) is 4.79 Å². The van der Waals surface area contributed by atoms with Gasteiger partial charge in [-0.15, -0.1) is 0 Å². The van der Waals surface area contributed by atoms with Crippen molar-refractivity contribution in [2.24, 2.45) is 0 Å². The Kier molecular flexibility index (Phi) is 4.66. The lowest BCUT2D eigenvalue weighted by atomic mass is 10.6. The van der Waals surface area contributed by atoms with Gasteiger partial charge in [0.2, 0.25) is 0 Å². The highest BCUT2D eigenvalue weighted by molar-refractivity contribution is 5.67. The summed E-state index contributed by atoms with van der Waals surface area (Å²) in [6, 6.07) is 0. The summed E-state index contributed by atoms with van der Waals surface area (Å²) in [6.07, 6.45) is -0.465.